The van der Waals surface area contributed by atoms with E-state index in [1.54, 1.807) is 0 Å². The summed E-state index contributed by atoms with van der Waals surface area (Å²) in [5.41, 5.74) is 0. The minimum absolute atomic E-state index is 0.0648. The quantitative estimate of drug-likeness (QED) is 0.171. The summed E-state index contributed by atoms with van der Waals surface area (Å²) in [6, 6.07) is 0. The Bertz CT molecular complexity index is 443. The molecule has 0 aromatic carbocycles. The van der Waals surface area contributed by atoms with E-state index >= 15 is 0 Å². The van der Waals surface area contributed by atoms with Crippen molar-refractivity contribution in [1.29, 1.82) is 0 Å². The molecule has 0 fully saturated rings. The van der Waals surface area contributed by atoms with E-state index in [2.05, 4.69) is 5.32 Å². The first-order chi connectivity index (χ1) is 8.34. The summed E-state index contributed by atoms with van der Waals surface area (Å²) in [4.78, 5) is 35.2. The molecule has 0 aliphatic rings. The highest BCUT2D eigenvalue weighted by molar-refractivity contribution is 7.85. The maximum atomic E-state index is 10.9. The van der Waals surface area contributed by atoms with Crippen molar-refractivity contribution in [1.82, 2.24) is 5.32 Å². The van der Waals surface area contributed by atoms with Crippen molar-refractivity contribution in [3.8, 4) is 0 Å². The van der Waals surface area contributed by atoms with Crippen molar-refractivity contribution >= 4 is 25.3 Å². The van der Waals surface area contributed by atoms with Gasteiger partial charge in [0, 0.05) is 0 Å². The lowest BCUT2D eigenvalue weighted by Crippen LogP contribution is -2.23. The molecule has 0 atom stereocenters. The van der Waals surface area contributed by atoms with Crippen LogP contribution in [0.4, 0.5) is 0 Å². The Hall–Kier alpha value is 0.170. The zero-order chi connectivity index (χ0) is 15.3. The number of nitrogens with one attached hydrogen (secondary N) is 1. The maximum absolute atomic E-state index is 10.9. The summed E-state index contributed by atoms with van der Waals surface area (Å²) in [5, 5.41) is 0.495. The van der Waals surface area contributed by atoms with Gasteiger partial charge >= 0.3 is 15.2 Å². The topological polar surface area (TPSA) is 181 Å². The highest BCUT2D eigenvalue weighted by atomic mass is 32.2. The molecule has 0 radical (unpaired) electrons. The third kappa shape index (κ3) is 9.67. The molecule has 0 aromatic rings. The highest BCUT2D eigenvalue weighted by Crippen LogP contribution is 2.61. The van der Waals surface area contributed by atoms with Gasteiger partial charge in [-0.1, -0.05) is 0 Å². The van der Waals surface area contributed by atoms with Crippen LogP contribution in [0.5, 0.6) is 0 Å². The maximum Gasteiger partial charge on any atom is 0.340 e. The van der Waals surface area contributed by atoms with E-state index < -0.39 is 42.9 Å². The Morgan fingerprint density at radius 2 is 1.47 bits per heavy atom. The molecule has 116 valence electrons. The third-order valence-electron chi connectivity index (χ3n) is 2.11. The van der Waals surface area contributed by atoms with Crippen molar-refractivity contribution in [2.75, 3.05) is 18.8 Å². The van der Waals surface area contributed by atoms with E-state index in [9.17, 15) is 17.5 Å². The lowest BCUT2D eigenvalue weighted by atomic mass is 10.4. The smallest absolute Gasteiger partial charge is 0.324 e. The fourth-order valence-corrected chi connectivity index (χ4v) is 4.28. The number of rotatable bonds is 9. The lowest BCUT2D eigenvalue weighted by Gasteiger charge is -2.19. The molecule has 13 heteroatoms. The van der Waals surface area contributed by atoms with Gasteiger partial charge in [-0.15, -0.1) is 0 Å². The van der Waals surface area contributed by atoms with Gasteiger partial charge < -0.3 is 24.9 Å². The van der Waals surface area contributed by atoms with Crippen LogP contribution in [0.1, 0.15) is 12.8 Å². The van der Waals surface area contributed by atoms with Crippen LogP contribution in [-0.2, 0) is 19.2 Å². The van der Waals surface area contributed by atoms with Crippen molar-refractivity contribution in [2.45, 2.75) is 18.2 Å². The minimum atomic E-state index is -4.92. The highest BCUT2D eigenvalue weighted by Gasteiger charge is 2.42. The Morgan fingerprint density at radius 1 is 1.00 bits per heavy atom. The molecule has 0 aromatic heterocycles. The van der Waals surface area contributed by atoms with Crippen molar-refractivity contribution in [3.05, 3.63) is 0 Å². The molecule has 0 unspecified atom stereocenters. The van der Waals surface area contributed by atoms with Crippen molar-refractivity contribution in [3.63, 3.8) is 0 Å². The van der Waals surface area contributed by atoms with E-state index in [-0.39, 0.29) is 19.5 Å². The molecule has 0 rings (SSSR count). The van der Waals surface area contributed by atoms with Gasteiger partial charge in [0.1, 0.15) is 0 Å². The molecular formula is C6H17NO9P2S. The van der Waals surface area contributed by atoms with Gasteiger partial charge in [-0.2, -0.15) is 8.42 Å². The Balaban J connectivity index is 4.11. The van der Waals surface area contributed by atoms with Crippen LogP contribution >= 0.6 is 15.2 Å². The Labute approximate surface area is 110 Å². The molecule has 0 saturated heterocycles. The standard InChI is InChI=1S/C6H17NO9P2S/c8-17(9,10)6(18(11,12)13)2-4-7-3-1-5-19(14,15)16/h6-7H,1-5H2,(H2,8,9,10)(H2,11,12,13)(H,14,15,16). The van der Waals surface area contributed by atoms with Gasteiger partial charge in [0.25, 0.3) is 10.1 Å². The van der Waals surface area contributed by atoms with Gasteiger partial charge in [0.15, 0.2) is 5.40 Å². The third-order valence-corrected chi connectivity index (χ3v) is 6.79. The van der Waals surface area contributed by atoms with E-state index in [4.69, 9.17) is 24.1 Å². The lowest BCUT2D eigenvalue weighted by molar-refractivity contribution is 0.334. The van der Waals surface area contributed by atoms with Gasteiger partial charge in [0.05, 0.1) is 5.75 Å². The molecule has 0 amide bonds. The first-order valence-corrected chi connectivity index (χ1v) is 10.1. The molecule has 6 N–H and O–H groups in total. The van der Waals surface area contributed by atoms with Crippen LogP contribution in [0.15, 0.2) is 0 Å². The van der Waals surface area contributed by atoms with E-state index in [1.807, 2.05) is 0 Å². The fourth-order valence-electron chi connectivity index (χ4n) is 1.27. The SMILES string of the molecule is O=P(O)(O)C(CCNCCCS(=O)(=O)O)P(=O)(O)O. The van der Waals surface area contributed by atoms with Gasteiger partial charge in [-0.3, -0.25) is 13.7 Å². The van der Waals surface area contributed by atoms with Crippen LogP contribution in [0.2, 0.25) is 0 Å². The first kappa shape index (κ1) is 19.2. The van der Waals surface area contributed by atoms with Crippen LogP contribution in [0, 0.1) is 0 Å². The minimum Gasteiger partial charge on any atom is -0.324 e. The van der Waals surface area contributed by atoms with Gasteiger partial charge in [0.2, 0.25) is 0 Å². The summed E-state index contributed by atoms with van der Waals surface area (Å²) in [7, 11) is -13.9. The molecule has 0 aliphatic carbocycles. The van der Waals surface area contributed by atoms with Crippen molar-refractivity contribution in [2.24, 2.45) is 0 Å². The molecule has 0 aliphatic heterocycles. The largest absolute Gasteiger partial charge is 0.340 e. The zero-order valence-electron chi connectivity index (χ0n) is 9.78. The average molecular weight is 341 g/mol. The first-order valence-electron chi connectivity index (χ1n) is 5.10. The fraction of sp³-hybridized carbons (Fsp3) is 1.00. The second kappa shape index (κ2) is 7.26. The molecule has 10 nitrogen and oxygen atoms in total. The van der Waals surface area contributed by atoms with Crippen LogP contribution in [0.3, 0.4) is 0 Å². The summed E-state index contributed by atoms with van der Waals surface area (Å²) in [6.07, 6.45) is -0.393. The molecular weight excluding hydrogens is 324 g/mol. The predicted molar refractivity (Wildman–Crippen MR) is 66.4 cm³/mol. The van der Waals surface area contributed by atoms with Crippen LogP contribution in [0.25, 0.3) is 0 Å². The van der Waals surface area contributed by atoms with Gasteiger partial charge in [-0.25, -0.2) is 0 Å². The summed E-state index contributed by atoms with van der Waals surface area (Å²) >= 11 is 0. The number of hydrogen-bond acceptors (Lipinski definition) is 5. The summed E-state index contributed by atoms with van der Waals surface area (Å²) in [5.74, 6) is -0.472. The molecule has 0 spiro atoms. The Kier molecular flexibility index (Phi) is 7.32. The summed E-state index contributed by atoms with van der Waals surface area (Å²) in [6.45, 7) is 0.0151. The normalized spacial score (nSPS) is 14.0. The second-order valence-corrected chi connectivity index (χ2v) is 9.42. The Morgan fingerprint density at radius 3 is 1.84 bits per heavy atom. The second-order valence-electron chi connectivity index (χ2n) is 3.84. The average Bonchev–Trinajstić information content (AvgIpc) is 2.10. The van der Waals surface area contributed by atoms with Crippen LogP contribution < -0.4 is 5.32 Å². The monoisotopic (exact) mass is 341 g/mol. The van der Waals surface area contributed by atoms with E-state index in [0.29, 0.717) is 0 Å². The summed E-state index contributed by atoms with van der Waals surface area (Å²) < 4.78 is 50.9. The van der Waals surface area contributed by atoms with E-state index in [1.165, 1.54) is 0 Å². The van der Waals surface area contributed by atoms with E-state index in [0.717, 1.165) is 0 Å². The predicted octanol–water partition coefficient (Wildman–Crippen LogP) is -1.07. The van der Waals surface area contributed by atoms with Gasteiger partial charge in [-0.05, 0) is 25.9 Å². The molecule has 19 heavy (non-hydrogen) atoms. The van der Waals surface area contributed by atoms with Crippen LogP contribution in [-0.4, -0.2) is 56.8 Å². The molecule has 0 bridgehead atoms. The molecule has 0 saturated carbocycles. The number of hydrogen-bond donors (Lipinski definition) is 6. The molecule has 0 heterocycles. The zero-order valence-corrected chi connectivity index (χ0v) is 12.4. The van der Waals surface area contributed by atoms with Crippen molar-refractivity contribution < 1.29 is 41.7 Å².